The Bertz CT molecular complexity index is 436. The Kier molecular flexibility index (Phi) is 2.89. The van der Waals surface area contributed by atoms with Gasteiger partial charge in [-0.15, -0.1) is 0 Å². The fourth-order valence-electron chi connectivity index (χ4n) is 1.56. The molecule has 2 nitrogen and oxygen atoms in total. The Balaban J connectivity index is 2.42. The number of rotatable bonds is 3. The second kappa shape index (κ2) is 4.15. The van der Waals surface area contributed by atoms with E-state index in [-0.39, 0.29) is 0 Å². The molecule has 74 valence electrons. The molecule has 3 heteroatoms. The molecular weight excluding hydrogens is 242 g/mol. The molecule has 0 saturated carbocycles. The first-order chi connectivity index (χ1) is 6.83. The van der Waals surface area contributed by atoms with E-state index >= 15 is 0 Å². The monoisotopic (exact) mass is 253 g/mol. The van der Waals surface area contributed by atoms with Crippen molar-refractivity contribution in [3.63, 3.8) is 0 Å². The molecule has 0 aliphatic carbocycles. The van der Waals surface area contributed by atoms with Crippen LogP contribution in [0.3, 0.4) is 0 Å². The first-order valence-corrected chi connectivity index (χ1v) is 5.47. The lowest BCUT2D eigenvalue weighted by Gasteiger charge is -1.96. The maximum absolute atomic E-state index is 5.49. The lowest BCUT2D eigenvalue weighted by atomic mass is 10.1. The van der Waals surface area contributed by atoms with Gasteiger partial charge in [-0.1, -0.05) is 12.1 Å². The number of benzene rings is 1. The van der Waals surface area contributed by atoms with Crippen molar-refractivity contribution in [2.75, 3.05) is 6.54 Å². The van der Waals surface area contributed by atoms with Gasteiger partial charge in [-0.3, -0.25) is 0 Å². The smallest absolute Gasteiger partial charge is 0.148 e. The number of halogens is 1. The molecule has 0 aliphatic heterocycles. The molecule has 14 heavy (non-hydrogen) atoms. The molecule has 0 atom stereocenters. The van der Waals surface area contributed by atoms with E-state index in [0.717, 1.165) is 29.4 Å². The van der Waals surface area contributed by atoms with E-state index in [1.165, 1.54) is 10.9 Å². The minimum Gasteiger partial charge on any atom is -0.463 e. The van der Waals surface area contributed by atoms with Crippen molar-refractivity contribution in [2.24, 2.45) is 5.73 Å². The van der Waals surface area contributed by atoms with Gasteiger partial charge in [0.1, 0.15) is 5.58 Å². The average molecular weight is 254 g/mol. The Hall–Kier alpha value is -0.800. The van der Waals surface area contributed by atoms with E-state index in [2.05, 4.69) is 22.0 Å². The van der Waals surface area contributed by atoms with E-state index in [4.69, 9.17) is 10.2 Å². The molecule has 2 aromatic rings. The van der Waals surface area contributed by atoms with Crippen molar-refractivity contribution >= 4 is 26.9 Å². The molecule has 2 N–H and O–H groups in total. The van der Waals surface area contributed by atoms with E-state index in [0.29, 0.717) is 0 Å². The Morgan fingerprint density at radius 3 is 3.00 bits per heavy atom. The summed E-state index contributed by atoms with van der Waals surface area (Å²) in [5.74, 6) is 0. The van der Waals surface area contributed by atoms with Crippen LogP contribution in [0.5, 0.6) is 0 Å². The van der Waals surface area contributed by atoms with Gasteiger partial charge in [0, 0.05) is 5.39 Å². The molecule has 1 aromatic heterocycles. The Morgan fingerprint density at radius 1 is 1.36 bits per heavy atom. The van der Waals surface area contributed by atoms with Gasteiger partial charge in [-0.05, 0) is 46.9 Å². The molecular formula is C11H12BrNO. The highest BCUT2D eigenvalue weighted by molar-refractivity contribution is 9.10. The number of nitrogens with two attached hydrogens (primary N) is 1. The molecule has 1 heterocycles. The van der Waals surface area contributed by atoms with Gasteiger partial charge in [0.05, 0.1) is 10.7 Å². The number of hydrogen-bond acceptors (Lipinski definition) is 2. The zero-order chi connectivity index (χ0) is 9.97. The van der Waals surface area contributed by atoms with E-state index in [1.807, 2.05) is 18.4 Å². The summed E-state index contributed by atoms with van der Waals surface area (Å²) in [6.07, 6.45) is 3.81. The molecule has 0 amide bonds. The van der Waals surface area contributed by atoms with Crippen molar-refractivity contribution in [1.29, 1.82) is 0 Å². The van der Waals surface area contributed by atoms with Crippen LogP contribution in [-0.2, 0) is 6.42 Å². The zero-order valence-corrected chi connectivity index (χ0v) is 9.38. The van der Waals surface area contributed by atoms with Gasteiger partial charge >= 0.3 is 0 Å². The van der Waals surface area contributed by atoms with Gasteiger partial charge in [-0.25, -0.2) is 0 Å². The quantitative estimate of drug-likeness (QED) is 0.914. The number of para-hydroxylation sites is 1. The van der Waals surface area contributed by atoms with Crippen LogP contribution in [0, 0.1) is 0 Å². The van der Waals surface area contributed by atoms with Crippen molar-refractivity contribution in [3.05, 3.63) is 34.5 Å². The van der Waals surface area contributed by atoms with Crippen LogP contribution >= 0.6 is 15.9 Å². The SMILES string of the molecule is NCCCc1coc2c(Br)cccc12. The summed E-state index contributed by atoms with van der Waals surface area (Å²) in [4.78, 5) is 0. The first kappa shape index (κ1) is 9.74. The molecule has 0 radical (unpaired) electrons. The largest absolute Gasteiger partial charge is 0.463 e. The molecule has 0 fully saturated rings. The summed E-state index contributed by atoms with van der Waals surface area (Å²) < 4.78 is 6.50. The maximum atomic E-state index is 5.49. The number of hydrogen-bond donors (Lipinski definition) is 1. The minimum atomic E-state index is 0.723. The lowest BCUT2D eigenvalue weighted by molar-refractivity contribution is 0.607. The summed E-state index contributed by atoms with van der Waals surface area (Å²) in [6, 6.07) is 6.09. The van der Waals surface area contributed by atoms with Crippen LogP contribution in [0.15, 0.2) is 33.4 Å². The number of furan rings is 1. The van der Waals surface area contributed by atoms with E-state index < -0.39 is 0 Å². The predicted molar refractivity (Wildman–Crippen MR) is 61.3 cm³/mol. The highest BCUT2D eigenvalue weighted by Crippen LogP contribution is 2.28. The average Bonchev–Trinajstić information content (AvgIpc) is 2.60. The van der Waals surface area contributed by atoms with Gasteiger partial charge in [0.15, 0.2) is 0 Å². The fourth-order valence-corrected chi connectivity index (χ4v) is 2.02. The molecule has 0 aliphatic rings. The highest BCUT2D eigenvalue weighted by atomic mass is 79.9. The van der Waals surface area contributed by atoms with Gasteiger partial charge in [0.2, 0.25) is 0 Å². The van der Waals surface area contributed by atoms with Crippen LogP contribution in [0.25, 0.3) is 11.0 Å². The second-order valence-electron chi connectivity index (χ2n) is 3.27. The van der Waals surface area contributed by atoms with Gasteiger partial charge < -0.3 is 10.2 Å². The summed E-state index contributed by atoms with van der Waals surface area (Å²) in [7, 11) is 0. The van der Waals surface area contributed by atoms with Crippen molar-refractivity contribution < 1.29 is 4.42 Å². The van der Waals surface area contributed by atoms with Gasteiger partial charge in [-0.2, -0.15) is 0 Å². The maximum Gasteiger partial charge on any atom is 0.148 e. The molecule has 1 aromatic carbocycles. The molecule has 0 spiro atoms. The number of aryl methyl sites for hydroxylation is 1. The second-order valence-corrected chi connectivity index (χ2v) is 4.12. The zero-order valence-electron chi connectivity index (χ0n) is 7.79. The Morgan fingerprint density at radius 2 is 2.21 bits per heavy atom. The van der Waals surface area contributed by atoms with Crippen molar-refractivity contribution in [3.8, 4) is 0 Å². The third-order valence-corrected chi connectivity index (χ3v) is 2.91. The van der Waals surface area contributed by atoms with Crippen LogP contribution < -0.4 is 5.73 Å². The van der Waals surface area contributed by atoms with Crippen LogP contribution in [0.2, 0.25) is 0 Å². The first-order valence-electron chi connectivity index (χ1n) is 4.67. The predicted octanol–water partition coefficient (Wildman–Crippen LogP) is 3.09. The molecule has 2 rings (SSSR count). The summed E-state index contributed by atoms with van der Waals surface area (Å²) in [6.45, 7) is 0.723. The summed E-state index contributed by atoms with van der Waals surface area (Å²) in [5, 5.41) is 1.19. The number of fused-ring (bicyclic) bond motifs is 1. The van der Waals surface area contributed by atoms with Crippen molar-refractivity contribution in [1.82, 2.24) is 0 Å². The topological polar surface area (TPSA) is 39.2 Å². The van der Waals surface area contributed by atoms with Crippen LogP contribution in [0.4, 0.5) is 0 Å². The van der Waals surface area contributed by atoms with E-state index in [9.17, 15) is 0 Å². The Labute approximate surface area is 91.2 Å². The standard InChI is InChI=1S/C11H12BrNO/c12-10-5-1-4-9-8(3-2-6-13)7-14-11(9)10/h1,4-5,7H,2-3,6,13H2. The normalized spacial score (nSPS) is 11.0. The molecule has 0 unspecified atom stereocenters. The highest BCUT2D eigenvalue weighted by Gasteiger charge is 2.07. The van der Waals surface area contributed by atoms with E-state index in [1.54, 1.807) is 0 Å². The summed E-state index contributed by atoms with van der Waals surface area (Å²) in [5.41, 5.74) is 7.65. The van der Waals surface area contributed by atoms with Crippen LogP contribution in [-0.4, -0.2) is 6.54 Å². The lowest BCUT2D eigenvalue weighted by Crippen LogP contribution is -1.99. The van der Waals surface area contributed by atoms with Crippen molar-refractivity contribution in [2.45, 2.75) is 12.8 Å². The summed E-state index contributed by atoms with van der Waals surface area (Å²) >= 11 is 3.46. The third-order valence-electron chi connectivity index (χ3n) is 2.28. The minimum absolute atomic E-state index is 0.723. The molecule has 0 bridgehead atoms. The van der Waals surface area contributed by atoms with Gasteiger partial charge in [0.25, 0.3) is 0 Å². The fraction of sp³-hybridized carbons (Fsp3) is 0.273. The third kappa shape index (κ3) is 1.70. The van der Waals surface area contributed by atoms with Crippen LogP contribution in [0.1, 0.15) is 12.0 Å². The molecule has 0 saturated heterocycles.